The number of ether oxygens (including phenoxy) is 2. The van der Waals surface area contributed by atoms with Crippen molar-refractivity contribution < 1.29 is 28.7 Å². The fourth-order valence-electron chi connectivity index (χ4n) is 3.70. The summed E-state index contributed by atoms with van der Waals surface area (Å²) in [6.07, 6.45) is -1.79. The van der Waals surface area contributed by atoms with E-state index in [-0.39, 0.29) is 5.91 Å². The number of benzene rings is 2. The molecule has 1 aliphatic heterocycles. The van der Waals surface area contributed by atoms with Gasteiger partial charge in [-0.05, 0) is 32.4 Å². The number of nitrogens with two attached hydrogens (primary N) is 1. The Morgan fingerprint density at radius 3 is 2.19 bits per heavy atom. The number of carbonyl (C=O) groups excluding carboxylic acids is 4. The second-order valence-electron chi connectivity index (χ2n) is 10.0. The molecule has 3 unspecified atom stereocenters. The molecule has 4 atom stereocenters. The molecule has 10 nitrogen and oxygen atoms in total. The van der Waals surface area contributed by atoms with Gasteiger partial charge in [0, 0.05) is 31.8 Å². The van der Waals surface area contributed by atoms with Crippen molar-refractivity contribution in [3.05, 3.63) is 65.7 Å². The van der Waals surface area contributed by atoms with Crippen molar-refractivity contribution in [3.8, 4) is 0 Å². The Hall–Kier alpha value is -3.76. The van der Waals surface area contributed by atoms with Crippen LogP contribution in [0.15, 0.2) is 54.6 Å². The molecule has 3 rings (SSSR count). The molecule has 2 aromatic carbocycles. The predicted molar refractivity (Wildman–Crippen MR) is 137 cm³/mol. The molecule has 0 aromatic heterocycles. The van der Waals surface area contributed by atoms with Gasteiger partial charge in [-0.25, -0.2) is 4.79 Å². The normalized spacial score (nSPS) is 18.2. The minimum atomic E-state index is -1.12. The zero-order chi connectivity index (χ0) is 27.3. The summed E-state index contributed by atoms with van der Waals surface area (Å²) in [5.41, 5.74) is 6.94. The molecule has 2 aromatic rings. The molecule has 1 fully saturated rings. The monoisotopic (exact) mass is 510 g/mol. The lowest BCUT2D eigenvalue weighted by Crippen LogP contribution is -2.49. The fourth-order valence-corrected chi connectivity index (χ4v) is 3.70. The van der Waals surface area contributed by atoms with Crippen molar-refractivity contribution in [2.45, 2.75) is 57.1 Å². The van der Waals surface area contributed by atoms with Crippen LogP contribution in [0.25, 0.3) is 0 Å². The van der Waals surface area contributed by atoms with E-state index in [1.807, 2.05) is 30.3 Å². The number of esters is 1. The molecule has 37 heavy (non-hydrogen) atoms. The van der Waals surface area contributed by atoms with Gasteiger partial charge >= 0.3 is 5.97 Å². The van der Waals surface area contributed by atoms with E-state index in [4.69, 9.17) is 15.2 Å². The van der Waals surface area contributed by atoms with Crippen molar-refractivity contribution in [2.24, 2.45) is 5.73 Å². The van der Waals surface area contributed by atoms with Crippen LogP contribution in [0.2, 0.25) is 0 Å². The van der Waals surface area contributed by atoms with Gasteiger partial charge in [-0.3, -0.25) is 14.4 Å². The van der Waals surface area contributed by atoms with Crippen molar-refractivity contribution in [3.63, 3.8) is 0 Å². The van der Waals surface area contributed by atoms with Crippen LogP contribution in [0.4, 0.5) is 5.69 Å². The van der Waals surface area contributed by atoms with Crippen molar-refractivity contribution in [1.82, 2.24) is 10.2 Å². The van der Waals surface area contributed by atoms with E-state index in [1.54, 1.807) is 59.1 Å². The van der Waals surface area contributed by atoms with Gasteiger partial charge in [-0.1, -0.05) is 48.5 Å². The molecule has 4 N–H and O–H groups in total. The van der Waals surface area contributed by atoms with Gasteiger partial charge in [0.1, 0.15) is 17.7 Å². The maximum absolute atomic E-state index is 12.8. The van der Waals surface area contributed by atoms with E-state index in [1.165, 1.54) is 4.90 Å². The maximum Gasteiger partial charge on any atom is 0.328 e. The summed E-state index contributed by atoms with van der Waals surface area (Å²) >= 11 is 0. The van der Waals surface area contributed by atoms with Crippen molar-refractivity contribution in [2.75, 3.05) is 19.4 Å². The Balaban J connectivity index is 1.64. The molecule has 0 aliphatic carbocycles. The Labute approximate surface area is 216 Å². The minimum Gasteiger partial charge on any atom is -0.459 e. The van der Waals surface area contributed by atoms with Gasteiger partial charge in [-0.15, -0.1) is 0 Å². The van der Waals surface area contributed by atoms with Crippen molar-refractivity contribution in [1.29, 1.82) is 0 Å². The number of likely N-dealkylation sites (N-methyl/N-ethyl adjacent to an activating group) is 1. The van der Waals surface area contributed by atoms with E-state index in [9.17, 15) is 19.2 Å². The molecule has 0 spiro atoms. The van der Waals surface area contributed by atoms with Crippen LogP contribution in [0.1, 0.15) is 37.9 Å². The molecular formula is C27H34N4O6. The average Bonchev–Trinajstić information content (AvgIpc) is 3.64. The third-order valence-corrected chi connectivity index (χ3v) is 5.56. The molecule has 1 saturated heterocycles. The summed E-state index contributed by atoms with van der Waals surface area (Å²) in [4.78, 5) is 52.2. The highest BCUT2D eigenvalue weighted by atomic mass is 16.6. The highest BCUT2D eigenvalue weighted by molar-refractivity contribution is 6.03. The first-order valence-electron chi connectivity index (χ1n) is 12.0. The van der Waals surface area contributed by atoms with Crippen LogP contribution in [-0.2, 0) is 35.1 Å². The quantitative estimate of drug-likeness (QED) is 0.343. The Morgan fingerprint density at radius 1 is 0.973 bits per heavy atom. The number of nitrogens with zero attached hydrogens (tertiary/aromatic N) is 1. The maximum atomic E-state index is 12.8. The number of epoxide rings is 1. The van der Waals surface area contributed by atoms with Gasteiger partial charge in [0.15, 0.2) is 12.2 Å². The summed E-state index contributed by atoms with van der Waals surface area (Å²) in [6.45, 7) is 5.20. The number of amides is 3. The Kier molecular flexibility index (Phi) is 8.67. The molecule has 10 heteroatoms. The Bertz CT molecular complexity index is 1150. The first-order chi connectivity index (χ1) is 17.4. The molecule has 1 aliphatic rings. The fraction of sp³-hybridized carbons (Fsp3) is 0.407. The van der Waals surface area contributed by atoms with Crippen LogP contribution in [0.3, 0.4) is 0 Å². The number of anilines is 1. The van der Waals surface area contributed by atoms with E-state index in [2.05, 4.69) is 10.6 Å². The number of nitrogens with one attached hydrogen (secondary N) is 2. The number of hydrogen-bond donors (Lipinski definition) is 3. The number of carbonyl (C=O) groups is 4. The summed E-state index contributed by atoms with van der Waals surface area (Å²) < 4.78 is 10.7. The van der Waals surface area contributed by atoms with Gasteiger partial charge in [0.25, 0.3) is 11.8 Å². The summed E-state index contributed by atoms with van der Waals surface area (Å²) in [6, 6.07) is 14.0. The second kappa shape index (κ2) is 11.5. The topological polar surface area (TPSA) is 143 Å². The zero-order valence-corrected chi connectivity index (χ0v) is 21.7. The van der Waals surface area contributed by atoms with Crippen LogP contribution < -0.4 is 16.4 Å². The van der Waals surface area contributed by atoms with Crippen LogP contribution in [0, 0.1) is 0 Å². The summed E-state index contributed by atoms with van der Waals surface area (Å²) in [5, 5.41) is 5.39. The predicted octanol–water partition coefficient (Wildman–Crippen LogP) is 1.55. The van der Waals surface area contributed by atoms with E-state index in [0.29, 0.717) is 17.7 Å². The number of para-hydroxylation sites is 1. The highest BCUT2D eigenvalue weighted by Crippen LogP contribution is 2.28. The molecule has 0 bridgehead atoms. The Morgan fingerprint density at radius 2 is 1.57 bits per heavy atom. The number of rotatable bonds is 9. The van der Waals surface area contributed by atoms with Crippen LogP contribution in [-0.4, -0.2) is 66.5 Å². The highest BCUT2D eigenvalue weighted by Gasteiger charge is 2.51. The average molecular weight is 511 g/mol. The largest absolute Gasteiger partial charge is 0.459 e. The molecular weight excluding hydrogens is 476 g/mol. The van der Waals surface area contributed by atoms with Crippen LogP contribution in [0.5, 0.6) is 0 Å². The summed E-state index contributed by atoms with van der Waals surface area (Å²) in [7, 11) is 3.21. The molecule has 3 amide bonds. The lowest BCUT2D eigenvalue weighted by Gasteiger charge is -2.23. The molecule has 198 valence electrons. The van der Waals surface area contributed by atoms with Crippen LogP contribution >= 0.6 is 0 Å². The minimum absolute atomic E-state index is 0.274. The molecule has 0 saturated carbocycles. The third kappa shape index (κ3) is 7.61. The van der Waals surface area contributed by atoms with Crippen molar-refractivity contribution >= 4 is 29.4 Å². The SMILES string of the molecule is CN(C)C(=O)[C@H](Cc1ccccc1)NC(=O)C1OC1C(=O)Nc1ccccc1C(N)C(=O)OC(C)(C)C. The lowest BCUT2D eigenvalue weighted by molar-refractivity contribution is -0.156. The zero-order valence-electron chi connectivity index (χ0n) is 21.7. The van der Waals surface area contributed by atoms with Gasteiger partial charge in [0.2, 0.25) is 5.91 Å². The lowest BCUT2D eigenvalue weighted by atomic mass is 10.0. The van der Waals surface area contributed by atoms with Gasteiger partial charge in [0.05, 0.1) is 0 Å². The number of hydrogen-bond acceptors (Lipinski definition) is 7. The van der Waals surface area contributed by atoms with E-state index >= 15 is 0 Å². The summed E-state index contributed by atoms with van der Waals surface area (Å²) in [5.74, 6) is -2.04. The third-order valence-electron chi connectivity index (χ3n) is 5.56. The van der Waals surface area contributed by atoms with Gasteiger partial charge < -0.3 is 30.7 Å². The molecule has 1 heterocycles. The smallest absolute Gasteiger partial charge is 0.328 e. The van der Waals surface area contributed by atoms with E-state index < -0.39 is 47.7 Å². The second-order valence-corrected chi connectivity index (χ2v) is 10.0. The first-order valence-corrected chi connectivity index (χ1v) is 12.0. The first kappa shape index (κ1) is 27.8. The van der Waals surface area contributed by atoms with E-state index in [0.717, 1.165) is 5.56 Å². The standard InChI is InChI=1S/C27H34N4O6/c1-27(2,3)37-26(35)20(28)17-13-9-10-14-18(17)29-23(32)21-22(36-21)24(33)30-19(25(34)31(4)5)15-16-11-7-6-8-12-16/h6-14,19-22H,15,28H2,1-5H3,(H,29,32)(H,30,33)/t19-,20?,21?,22?/m0/s1. The van der Waals surface area contributed by atoms with Gasteiger partial charge in [-0.2, -0.15) is 0 Å². The molecule has 0 radical (unpaired) electrons.